The van der Waals surface area contributed by atoms with Crippen LogP contribution in [0.5, 0.6) is 0 Å². The maximum atomic E-state index is 10.4. The molecule has 5 heteroatoms. The van der Waals surface area contributed by atoms with Crippen molar-refractivity contribution >= 4 is 17.4 Å². The fourth-order valence-corrected chi connectivity index (χ4v) is 0.572. The van der Waals surface area contributed by atoms with E-state index in [1.165, 1.54) is 13.1 Å². The van der Waals surface area contributed by atoms with Gasteiger partial charge in [0, 0.05) is 6.92 Å². The Bertz CT molecular complexity index is 242. The monoisotopic (exact) mass is 140 g/mol. The molecule has 1 aromatic rings. The highest BCUT2D eigenvalue weighted by Crippen LogP contribution is 2.11. The average Bonchev–Trinajstić information content (AvgIpc) is 2.15. The van der Waals surface area contributed by atoms with Crippen molar-refractivity contribution in [1.29, 1.82) is 0 Å². The zero-order valence-electron chi connectivity index (χ0n) is 5.51. The number of anilines is 2. The number of aromatic amines is 1. The number of hydrogen-bond acceptors (Lipinski definition) is 3. The molecule has 10 heavy (non-hydrogen) atoms. The molecule has 1 aromatic heterocycles. The van der Waals surface area contributed by atoms with Crippen LogP contribution in [-0.4, -0.2) is 16.1 Å². The molecule has 0 atom stereocenters. The van der Waals surface area contributed by atoms with Crippen molar-refractivity contribution in [3.8, 4) is 0 Å². The van der Waals surface area contributed by atoms with Crippen LogP contribution in [0.4, 0.5) is 11.5 Å². The molecule has 54 valence electrons. The van der Waals surface area contributed by atoms with E-state index in [0.29, 0.717) is 11.5 Å². The lowest BCUT2D eigenvalue weighted by molar-refractivity contribution is -0.114. The van der Waals surface area contributed by atoms with Crippen molar-refractivity contribution < 1.29 is 4.79 Å². The van der Waals surface area contributed by atoms with Crippen molar-refractivity contribution in [3.63, 3.8) is 0 Å². The third kappa shape index (κ3) is 1.25. The standard InChI is InChI=1S/C5H8N4O/c1-3(10)8-5-4(6)2-7-9-5/h2H,6H2,1H3,(H2,7,8,9,10). The summed E-state index contributed by atoms with van der Waals surface area (Å²) in [6.45, 7) is 1.40. The summed E-state index contributed by atoms with van der Waals surface area (Å²) >= 11 is 0. The lowest BCUT2D eigenvalue weighted by Gasteiger charge is -1.96. The molecule has 0 aliphatic carbocycles. The maximum absolute atomic E-state index is 10.4. The zero-order valence-corrected chi connectivity index (χ0v) is 5.51. The fourth-order valence-electron chi connectivity index (χ4n) is 0.572. The summed E-state index contributed by atoms with van der Waals surface area (Å²) < 4.78 is 0. The minimum Gasteiger partial charge on any atom is -0.394 e. The molecule has 0 aliphatic heterocycles. The highest BCUT2D eigenvalue weighted by atomic mass is 16.1. The fraction of sp³-hybridized carbons (Fsp3) is 0.200. The summed E-state index contributed by atoms with van der Waals surface area (Å²) in [4.78, 5) is 10.4. The van der Waals surface area contributed by atoms with Crippen LogP contribution < -0.4 is 11.1 Å². The van der Waals surface area contributed by atoms with Gasteiger partial charge in [-0.2, -0.15) is 5.10 Å². The minimum atomic E-state index is -0.170. The first kappa shape index (κ1) is 6.60. The predicted octanol–water partition coefficient (Wildman–Crippen LogP) is -0.0497. The van der Waals surface area contributed by atoms with E-state index < -0.39 is 0 Å². The normalized spacial score (nSPS) is 9.30. The minimum absolute atomic E-state index is 0.170. The van der Waals surface area contributed by atoms with Gasteiger partial charge in [0.05, 0.1) is 11.9 Å². The smallest absolute Gasteiger partial charge is 0.222 e. The van der Waals surface area contributed by atoms with Crippen molar-refractivity contribution in [3.05, 3.63) is 6.20 Å². The van der Waals surface area contributed by atoms with Crippen LogP contribution in [0.25, 0.3) is 0 Å². The van der Waals surface area contributed by atoms with E-state index in [9.17, 15) is 4.79 Å². The van der Waals surface area contributed by atoms with Crippen molar-refractivity contribution in [2.45, 2.75) is 6.92 Å². The van der Waals surface area contributed by atoms with Crippen molar-refractivity contribution in [2.75, 3.05) is 11.1 Å². The Morgan fingerprint density at radius 3 is 3.00 bits per heavy atom. The summed E-state index contributed by atoms with van der Waals surface area (Å²) in [5.74, 6) is 0.281. The molecule has 0 unspecified atom stereocenters. The Balaban J connectivity index is 2.74. The van der Waals surface area contributed by atoms with Gasteiger partial charge in [0.15, 0.2) is 5.82 Å². The SMILES string of the molecule is CC(=O)Nc1[nH]ncc1N. The molecule has 1 rings (SSSR count). The topological polar surface area (TPSA) is 83.8 Å². The lowest BCUT2D eigenvalue weighted by atomic mass is 10.5. The second-order valence-electron chi connectivity index (χ2n) is 1.88. The molecule has 0 spiro atoms. The van der Waals surface area contributed by atoms with Gasteiger partial charge in [-0.25, -0.2) is 0 Å². The first-order valence-corrected chi connectivity index (χ1v) is 2.76. The Kier molecular flexibility index (Phi) is 1.57. The largest absolute Gasteiger partial charge is 0.394 e. The third-order valence-corrected chi connectivity index (χ3v) is 0.970. The number of hydrogen-bond donors (Lipinski definition) is 3. The van der Waals surface area contributed by atoms with Crippen LogP contribution in [0, 0.1) is 0 Å². The first-order valence-electron chi connectivity index (χ1n) is 2.76. The number of amides is 1. The number of nitrogens with zero attached hydrogens (tertiary/aromatic N) is 1. The molecule has 0 saturated carbocycles. The van der Waals surface area contributed by atoms with E-state index in [0.717, 1.165) is 0 Å². The van der Waals surface area contributed by atoms with Crippen LogP contribution in [0.15, 0.2) is 6.20 Å². The van der Waals surface area contributed by atoms with Gasteiger partial charge in [-0.05, 0) is 0 Å². The van der Waals surface area contributed by atoms with Crippen LogP contribution in [-0.2, 0) is 4.79 Å². The van der Waals surface area contributed by atoms with Crippen LogP contribution >= 0.6 is 0 Å². The molecule has 1 heterocycles. The molecule has 0 fully saturated rings. The van der Waals surface area contributed by atoms with Gasteiger partial charge in [0.2, 0.25) is 5.91 Å². The van der Waals surface area contributed by atoms with Gasteiger partial charge in [-0.1, -0.05) is 0 Å². The van der Waals surface area contributed by atoms with Crippen LogP contribution in [0.2, 0.25) is 0 Å². The molecular formula is C5H8N4O. The van der Waals surface area contributed by atoms with Gasteiger partial charge in [0.1, 0.15) is 0 Å². The Hall–Kier alpha value is -1.52. The number of aromatic nitrogens is 2. The quantitative estimate of drug-likeness (QED) is 0.511. The molecule has 0 saturated heterocycles. The average molecular weight is 140 g/mol. The van der Waals surface area contributed by atoms with Crippen LogP contribution in [0.3, 0.4) is 0 Å². The van der Waals surface area contributed by atoms with Gasteiger partial charge < -0.3 is 11.1 Å². The highest BCUT2D eigenvalue weighted by molar-refractivity contribution is 5.90. The number of rotatable bonds is 1. The Morgan fingerprint density at radius 1 is 1.90 bits per heavy atom. The molecule has 0 aliphatic rings. The molecule has 1 amide bonds. The Labute approximate surface area is 57.6 Å². The summed E-state index contributed by atoms with van der Waals surface area (Å²) in [6, 6.07) is 0. The van der Waals surface area contributed by atoms with E-state index in [2.05, 4.69) is 15.5 Å². The summed E-state index contributed by atoms with van der Waals surface area (Å²) in [5.41, 5.74) is 5.82. The maximum Gasteiger partial charge on any atom is 0.222 e. The molecule has 0 aromatic carbocycles. The van der Waals surface area contributed by atoms with Crippen LogP contribution in [0.1, 0.15) is 6.92 Å². The van der Waals surface area contributed by atoms with Gasteiger partial charge in [0.25, 0.3) is 0 Å². The molecule has 0 bridgehead atoms. The third-order valence-electron chi connectivity index (χ3n) is 0.970. The summed E-state index contributed by atoms with van der Waals surface area (Å²) in [6.07, 6.45) is 1.44. The lowest BCUT2D eigenvalue weighted by Crippen LogP contribution is -2.07. The van der Waals surface area contributed by atoms with E-state index in [1.54, 1.807) is 0 Å². The number of H-pyrrole nitrogens is 1. The van der Waals surface area contributed by atoms with Gasteiger partial charge >= 0.3 is 0 Å². The first-order chi connectivity index (χ1) is 4.70. The van der Waals surface area contributed by atoms with Gasteiger partial charge in [-0.15, -0.1) is 0 Å². The highest BCUT2D eigenvalue weighted by Gasteiger charge is 2.00. The second kappa shape index (κ2) is 2.38. The van der Waals surface area contributed by atoms with Gasteiger partial charge in [-0.3, -0.25) is 9.89 Å². The number of nitrogens with one attached hydrogen (secondary N) is 2. The Morgan fingerprint density at radius 2 is 2.60 bits per heavy atom. The zero-order chi connectivity index (χ0) is 7.56. The van der Waals surface area contributed by atoms with E-state index in [1.807, 2.05) is 0 Å². The summed E-state index contributed by atoms with van der Waals surface area (Å²) in [5, 5.41) is 8.61. The molecule has 0 radical (unpaired) electrons. The molecule has 4 N–H and O–H groups in total. The predicted molar refractivity (Wildman–Crippen MR) is 37.3 cm³/mol. The van der Waals surface area contributed by atoms with E-state index in [4.69, 9.17) is 5.73 Å². The second-order valence-corrected chi connectivity index (χ2v) is 1.88. The van der Waals surface area contributed by atoms with Crippen molar-refractivity contribution in [2.24, 2.45) is 0 Å². The number of carbonyl (C=O) groups is 1. The number of nitrogens with two attached hydrogens (primary N) is 1. The number of nitrogen functional groups attached to an aromatic ring is 1. The van der Waals surface area contributed by atoms with E-state index >= 15 is 0 Å². The molecule has 5 nitrogen and oxygen atoms in total. The summed E-state index contributed by atoms with van der Waals surface area (Å²) in [7, 11) is 0. The van der Waals surface area contributed by atoms with Crippen molar-refractivity contribution in [1.82, 2.24) is 10.2 Å². The van der Waals surface area contributed by atoms with E-state index in [-0.39, 0.29) is 5.91 Å². The molecular weight excluding hydrogens is 132 g/mol. The number of carbonyl (C=O) groups excluding carboxylic acids is 1.